The van der Waals surface area contributed by atoms with Gasteiger partial charge in [0.2, 0.25) is 0 Å². The van der Waals surface area contributed by atoms with Crippen molar-refractivity contribution in [2.45, 2.75) is 32.4 Å². The van der Waals surface area contributed by atoms with Crippen molar-refractivity contribution in [3.63, 3.8) is 0 Å². The third kappa shape index (κ3) is 3.19. The molecule has 1 aliphatic rings. The van der Waals surface area contributed by atoms with Crippen LogP contribution < -0.4 is 10.1 Å². The highest BCUT2D eigenvalue weighted by Gasteiger charge is 2.32. The largest absolute Gasteiger partial charge is 0.497 e. The van der Waals surface area contributed by atoms with Crippen LogP contribution in [0, 0.1) is 12.8 Å². The van der Waals surface area contributed by atoms with E-state index in [-0.39, 0.29) is 0 Å². The highest BCUT2D eigenvalue weighted by molar-refractivity contribution is 7.09. The van der Waals surface area contributed by atoms with Gasteiger partial charge in [-0.2, -0.15) is 0 Å². The van der Waals surface area contributed by atoms with E-state index in [0.29, 0.717) is 6.04 Å². The summed E-state index contributed by atoms with van der Waals surface area (Å²) in [6.07, 6.45) is 2.64. The lowest BCUT2D eigenvalue weighted by atomic mass is 10.0. The smallest absolute Gasteiger partial charge is 0.118 e. The predicted molar refractivity (Wildman–Crippen MR) is 82.1 cm³/mol. The minimum absolute atomic E-state index is 0.435. The molecule has 1 atom stereocenters. The molecule has 1 fully saturated rings. The second-order valence-electron chi connectivity index (χ2n) is 5.35. The van der Waals surface area contributed by atoms with E-state index < -0.39 is 0 Å². The zero-order valence-corrected chi connectivity index (χ0v) is 12.7. The Morgan fingerprint density at radius 1 is 1.35 bits per heavy atom. The minimum atomic E-state index is 0.435. The van der Waals surface area contributed by atoms with E-state index in [9.17, 15) is 0 Å². The van der Waals surface area contributed by atoms with Crippen LogP contribution in [0.2, 0.25) is 0 Å². The van der Waals surface area contributed by atoms with Gasteiger partial charge in [-0.1, -0.05) is 12.1 Å². The number of rotatable bonds is 6. The maximum atomic E-state index is 5.23. The fourth-order valence-corrected chi connectivity index (χ4v) is 3.20. The lowest BCUT2D eigenvalue weighted by molar-refractivity contribution is 0.413. The number of benzene rings is 1. The number of hydrogen-bond donors (Lipinski definition) is 1. The molecule has 0 amide bonds. The first kappa shape index (κ1) is 13.6. The molecule has 0 radical (unpaired) electrons. The topological polar surface area (TPSA) is 34.1 Å². The second kappa shape index (κ2) is 5.94. The Morgan fingerprint density at radius 3 is 2.65 bits per heavy atom. The Morgan fingerprint density at radius 2 is 2.10 bits per heavy atom. The molecular weight excluding hydrogens is 268 g/mol. The van der Waals surface area contributed by atoms with E-state index in [2.05, 4.69) is 27.8 Å². The van der Waals surface area contributed by atoms with Crippen molar-refractivity contribution in [1.29, 1.82) is 0 Å². The van der Waals surface area contributed by atoms with E-state index in [1.807, 2.05) is 19.1 Å². The molecule has 1 N–H and O–H groups in total. The highest BCUT2D eigenvalue weighted by Crippen LogP contribution is 2.41. The van der Waals surface area contributed by atoms with Gasteiger partial charge in [0.05, 0.1) is 7.11 Å². The van der Waals surface area contributed by atoms with E-state index in [1.54, 1.807) is 18.4 Å². The molecule has 1 saturated carbocycles. The fraction of sp³-hybridized carbons (Fsp3) is 0.438. The summed E-state index contributed by atoms with van der Waals surface area (Å²) in [4.78, 5) is 4.52. The minimum Gasteiger partial charge on any atom is -0.497 e. The molecule has 1 aromatic heterocycles. The SMILES string of the molecule is COc1ccc(C(NCc2nc(C)cs2)C2CC2)cc1. The lowest BCUT2D eigenvalue weighted by Crippen LogP contribution is -2.22. The first-order valence-corrected chi connectivity index (χ1v) is 7.92. The Hall–Kier alpha value is -1.39. The number of thiazole rings is 1. The third-order valence-electron chi connectivity index (χ3n) is 3.71. The molecule has 20 heavy (non-hydrogen) atoms. The van der Waals surface area contributed by atoms with Gasteiger partial charge >= 0.3 is 0 Å². The van der Waals surface area contributed by atoms with Crippen molar-refractivity contribution in [3.8, 4) is 5.75 Å². The predicted octanol–water partition coefficient (Wildman–Crippen LogP) is 3.70. The molecule has 0 aliphatic heterocycles. The van der Waals surface area contributed by atoms with Crippen LogP contribution in [0.3, 0.4) is 0 Å². The van der Waals surface area contributed by atoms with Crippen LogP contribution in [0.4, 0.5) is 0 Å². The van der Waals surface area contributed by atoms with Crippen LogP contribution >= 0.6 is 11.3 Å². The Balaban J connectivity index is 1.68. The van der Waals surface area contributed by atoms with Crippen molar-refractivity contribution in [2.24, 2.45) is 5.92 Å². The van der Waals surface area contributed by atoms with Gasteiger partial charge in [-0.25, -0.2) is 4.98 Å². The maximum absolute atomic E-state index is 5.23. The number of aryl methyl sites for hydroxylation is 1. The average molecular weight is 288 g/mol. The molecule has 1 unspecified atom stereocenters. The summed E-state index contributed by atoms with van der Waals surface area (Å²) in [5, 5.41) is 6.95. The summed E-state index contributed by atoms with van der Waals surface area (Å²) < 4.78 is 5.23. The lowest BCUT2D eigenvalue weighted by Gasteiger charge is -2.18. The molecule has 2 aromatic rings. The molecule has 3 nitrogen and oxygen atoms in total. The molecule has 106 valence electrons. The number of aromatic nitrogens is 1. The van der Waals surface area contributed by atoms with Gasteiger partial charge in [-0.3, -0.25) is 0 Å². The van der Waals surface area contributed by atoms with Crippen LogP contribution in [0.1, 0.15) is 35.1 Å². The molecular formula is C16H20N2OS. The van der Waals surface area contributed by atoms with Crippen molar-refractivity contribution >= 4 is 11.3 Å². The Kier molecular flexibility index (Phi) is 4.03. The van der Waals surface area contributed by atoms with E-state index in [0.717, 1.165) is 23.9 Å². The number of nitrogens with one attached hydrogen (secondary N) is 1. The van der Waals surface area contributed by atoms with E-state index in [1.165, 1.54) is 23.4 Å². The maximum Gasteiger partial charge on any atom is 0.118 e. The Labute approximate surface area is 124 Å². The van der Waals surface area contributed by atoms with Crippen LogP contribution in [-0.4, -0.2) is 12.1 Å². The van der Waals surface area contributed by atoms with Gasteiger partial charge in [0.15, 0.2) is 0 Å². The summed E-state index contributed by atoms with van der Waals surface area (Å²) in [7, 11) is 1.70. The molecule has 4 heteroatoms. The van der Waals surface area contributed by atoms with E-state index in [4.69, 9.17) is 4.74 Å². The highest BCUT2D eigenvalue weighted by atomic mass is 32.1. The normalized spacial score (nSPS) is 16.1. The monoisotopic (exact) mass is 288 g/mol. The van der Waals surface area contributed by atoms with Crippen molar-refractivity contribution in [2.75, 3.05) is 7.11 Å². The molecule has 1 aromatic carbocycles. The van der Waals surface area contributed by atoms with Gasteiger partial charge in [-0.15, -0.1) is 11.3 Å². The summed E-state index contributed by atoms with van der Waals surface area (Å²) in [6, 6.07) is 8.86. The van der Waals surface area contributed by atoms with Gasteiger partial charge in [0, 0.05) is 23.7 Å². The number of nitrogens with zero attached hydrogens (tertiary/aromatic N) is 1. The average Bonchev–Trinajstić information content (AvgIpc) is 3.22. The summed E-state index contributed by atoms with van der Waals surface area (Å²) in [5.74, 6) is 1.68. The zero-order chi connectivity index (χ0) is 13.9. The number of hydrogen-bond acceptors (Lipinski definition) is 4. The molecule has 0 bridgehead atoms. The second-order valence-corrected chi connectivity index (χ2v) is 6.29. The van der Waals surface area contributed by atoms with Crippen LogP contribution in [0.15, 0.2) is 29.6 Å². The van der Waals surface area contributed by atoms with Crippen molar-refractivity contribution < 1.29 is 4.74 Å². The van der Waals surface area contributed by atoms with Gasteiger partial charge < -0.3 is 10.1 Å². The summed E-state index contributed by atoms with van der Waals surface area (Å²) in [5.41, 5.74) is 2.46. The molecule has 0 spiro atoms. The number of ether oxygens (including phenoxy) is 1. The summed E-state index contributed by atoms with van der Waals surface area (Å²) >= 11 is 1.73. The molecule has 3 rings (SSSR count). The van der Waals surface area contributed by atoms with Crippen molar-refractivity contribution in [1.82, 2.24) is 10.3 Å². The van der Waals surface area contributed by atoms with Crippen LogP contribution in [0.5, 0.6) is 5.75 Å². The molecule has 1 aliphatic carbocycles. The Bertz CT molecular complexity index is 560. The first-order chi connectivity index (χ1) is 9.76. The quantitative estimate of drug-likeness (QED) is 0.880. The third-order valence-corrected chi connectivity index (χ3v) is 4.67. The first-order valence-electron chi connectivity index (χ1n) is 7.04. The fourth-order valence-electron chi connectivity index (χ4n) is 2.48. The standard InChI is InChI=1S/C16H20N2OS/c1-11-10-20-15(18-11)9-17-16(12-3-4-12)13-5-7-14(19-2)8-6-13/h5-8,10,12,16-17H,3-4,9H2,1-2H3. The zero-order valence-electron chi connectivity index (χ0n) is 11.9. The van der Waals surface area contributed by atoms with Gasteiger partial charge in [-0.05, 0) is 43.4 Å². The van der Waals surface area contributed by atoms with Crippen LogP contribution in [-0.2, 0) is 6.54 Å². The summed E-state index contributed by atoms with van der Waals surface area (Å²) in [6.45, 7) is 2.90. The van der Waals surface area contributed by atoms with E-state index >= 15 is 0 Å². The molecule has 1 heterocycles. The number of methoxy groups -OCH3 is 1. The van der Waals surface area contributed by atoms with Crippen molar-refractivity contribution in [3.05, 3.63) is 45.9 Å². The van der Waals surface area contributed by atoms with Gasteiger partial charge in [0.25, 0.3) is 0 Å². The van der Waals surface area contributed by atoms with Gasteiger partial charge in [0.1, 0.15) is 10.8 Å². The van der Waals surface area contributed by atoms with Crippen LogP contribution in [0.25, 0.3) is 0 Å². The molecule has 0 saturated heterocycles.